The van der Waals surface area contributed by atoms with Gasteiger partial charge in [-0.3, -0.25) is 4.79 Å². The zero-order valence-corrected chi connectivity index (χ0v) is 11.5. The fourth-order valence-corrected chi connectivity index (χ4v) is 2.25. The monoisotopic (exact) mass is 262 g/mol. The highest BCUT2D eigenvalue weighted by molar-refractivity contribution is 5.78. The van der Waals surface area contributed by atoms with E-state index in [1.54, 1.807) is 0 Å². The summed E-state index contributed by atoms with van der Waals surface area (Å²) in [6, 6.07) is 7.80. The zero-order valence-electron chi connectivity index (χ0n) is 11.5. The molecule has 1 aromatic carbocycles. The van der Waals surface area contributed by atoms with Crippen molar-refractivity contribution in [3.8, 4) is 5.75 Å². The van der Waals surface area contributed by atoms with Gasteiger partial charge in [-0.1, -0.05) is 12.1 Å². The molecule has 1 fully saturated rings. The average molecular weight is 262 g/mol. The van der Waals surface area contributed by atoms with E-state index in [2.05, 4.69) is 5.32 Å². The van der Waals surface area contributed by atoms with Gasteiger partial charge in [-0.2, -0.15) is 0 Å². The first-order chi connectivity index (χ1) is 9.29. The van der Waals surface area contributed by atoms with Crippen LogP contribution in [0.5, 0.6) is 5.75 Å². The molecule has 0 aliphatic carbocycles. The van der Waals surface area contributed by atoms with Crippen molar-refractivity contribution in [2.75, 3.05) is 32.8 Å². The topological polar surface area (TPSA) is 41.6 Å². The Morgan fingerprint density at radius 1 is 1.26 bits per heavy atom. The highest BCUT2D eigenvalue weighted by atomic mass is 16.5. The molecule has 1 heterocycles. The molecule has 0 aromatic heterocycles. The summed E-state index contributed by atoms with van der Waals surface area (Å²) in [6.45, 7) is 6.21. The highest BCUT2D eigenvalue weighted by Crippen LogP contribution is 2.13. The zero-order chi connectivity index (χ0) is 13.5. The summed E-state index contributed by atoms with van der Waals surface area (Å²) in [5, 5.41) is 3.31. The number of benzene rings is 1. The Hall–Kier alpha value is -1.55. The molecule has 104 valence electrons. The molecule has 0 atom stereocenters. The molecule has 1 amide bonds. The van der Waals surface area contributed by atoms with Crippen LogP contribution in [-0.2, 0) is 11.2 Å². The molecule has 4 nitrogen and oxygen atoms in total. The third-order valence-corrected chi connectivity index (χ3v) is 3.28. The lowest BCUT2D eigenvalue weighted by atomic mass is 10.1. The fourth-order valence-electron chi connectivity index (χ4n) is 2.25. The van der Waals surface area contributed by atoms with Crippen LogP contribution in [0.3, 0.4) is 0 Å². The summed E-state index contributed by atoms with van der Waals surface area (Å²) in [7, 11) is 0. The van der Waals surface area contributed by atoms with Gasteiger partial charge in [-0.25, -0.2) is 0 Å². The number of nitrogens with zero attached hydrogens (tertiary/aromatic N) is 1. The maximum atomic E-state index is 12.2. The highest BCUT2D eigenvalue weighted by Gasteiger charge is 2.15. The van der Waals surface area contributed by atoms with E-state index < -0.39 is 0 Å². The minimum absolute atomic E-state index is 0.216. The molecule has 1 N–H and O–H groups in total. The van der Waals surface area contributed by atoms with Gasteiger partial charge in [0.05, 0.1) is 13.0 Å². The van der Waals surface area contributed by atoms with Gasteiger partial charge in [0, 0.05) is 19.6 Å². The molecule has 4 heteroatoms. The van der Waals surface area contributed by atoms with Gasteiger partial charge >= 0.3 is 0 Å². The lowest BCUT2D eigenvalue weighted by molar-refractivity contribution is -0.130. The summed E-state index contributed by atoms with van der Waals surface area (Å²) in [6.07, 6.45) is 1.52. The molecule has 0 bridgehead atoms. The van der Waals surface area contributed by atoms with Gasteiger partial charge in [0.25, 0.3) is 0 Å². The smallest absolute Gasteiger partial charge is 0.227 e. The Bertz CT molecular complexity index is 395. The molecule has 1 aromatic rings. The summed E-state index contributed by atoms with van der Waals surface area (Å²) in [4.78, 5) is 14.2. The molecule has 1 aliphatic heterocycles. The molecule has 1 saturated heterocycles. The molecule has 0 unspecified atom stereocenters. The quantitative estimate of drug-likeness (QED) is 0.893. The minimum Gasteiger partial charge on any atom is -0.494 e. The summed E-state index contributed by atoms with van der Waals surface area (Å²) < 4.78 is 5.40. The Labute approximate surface area is 114 Å². The second kappa shape index (κ2) is 7.14. The molecular weight excluding hydrogens is 240 g/mol. The Morgan fingerprint density at radius 2 is 2.05 bits per heavy atom. The first-order valence-corrected chi connectivity index (χ1v) is 7.00. The second-order valence-electron chi connectivity index (χ2n) is 4.74. The van der Waals surface area contributed by atoms with E-state index >= 15 is 0 Å². The molecule has 0 spiro atoms. The molecule has 0 saturated carbocycles. The van der Waals surface area contributed by atoms with Gasteiger partial charge in [0.1, 0.15) is 5.75 Å². The minimum atomic E-state index is 0.216. The first-order valence-electron chi connectivity index (χ1n) is 7.00. The van der Waals surface area contributed by atoms with Gasteiger partial charge < -0.3 is 15.0 Å². The van der Waals surface area contributed by atoms with Crippen LogP contribution in [0.1, 0.15) is 18.9 Å². The number of hydrogen-bond donors (Lipinski definition) is 1. The lowest BCUT2D eigenvalue weighted by Gasteiger charge is -2.20. The summed E-state index contributed by atoms with van der Waals surface area (Å²) in [5.41, 5.74) is 1.05. The second-order valence-corrected chi connectivity index (χ2v) is 4.74. The predicted octanol–water partition coefficient (Wildman–Crippen LogP) is 1.45. The van der Waals surface area contributed by atoms with Crippen LogP contribution in [0.4, 0.5) is 0 Å². The van der Waals surface area contributed by atoms with E-state index in [1.165, 1.54) is 0 Å². The van der Waals surface area contributed by atoms with E-state index in [-0.39, 0.29) is 5.91 Å². The maximum absolute atomic E-state index is 12.2. The van der Waals surface area contributed by atoms with Crippen molar-refractivity contribution in [3.63, 3.8) is 0 Å². The van der Waals surface area contributed by atoms with E-state index in [4.69, 9.17) is 4.74 Å². The van der Waals surface area contributed by atoms with Crippen molar-refractivity contribution < 1.29 is 9.53 Å². The molecule has 2 rings (SSSR count). The number of amides is 1. The van der Waals surface area contributed by atoms with Crippen molar-refractivity contribution in [2.24, 2.45) is 0 Å². The van der Waals surface area contributed by atoms with Crippen molar-refractivity contribution in [1.82, 2.24) is 10.2 Å². The van der Waals surface area contributed by atoms with Crippen LogP contribution >= 0.6 is 0 Å². The van der Waals surface area contributed by atoms with Crippen molar-refractivity contribution in [3.05, 3.63) is 29.8 Å². The van der Waals surface area contributed by atoms with Crippen LogP contribution in [0.15, 0.2) is 24.3 Å². The molecular formula is C15H22N2O2. The van der Waals surface area contributed by atoms with Crippen LogP contribution in [0, 0.1) is 0 Å². The Kier molecular flexibility index (Phi) is 5.21. The lowest BCUT2D eigenvalue weighted by Crippen LogP contribution is -2.35. The normalized spacial score (nSPS) is 15.9. The number of nitrogens with one attached hydrogen (secondary N) is 1. The van der Waals surface area contributed by atoms with Crippen LogP contribution in [0.25, 0.3) is 0 Å². The third kappa shape index (κ3) is 4.24. The fraction of sp³-hybridized carbons (Fsp3) is 0.533. The summed E-state index contributed by atoms with van der Waals surface area (Å²) >= 11 is 0. The molecule has 19 heavy (non-hydrogen) atoms. The number of rotatable bonds is 4. The van der Waals surface area contributed by atoms with E-state index in [0.717, 1.165) is 43.9 Å². The number of hydrogen-bond acceptors (Lipinski definition) is 3. The van der Waals surface area contributed by atoms with E-state index in [1.807, 2.05) is 36.1 Å². The van der Waals surface area contributed by atoms with Gasteiger partial charge in [-0.05, 0) is 37.6 Å². The third-order valence-electron chi connectivity index (χ3n) is 3.28. The molecule has 1 aliphatic rings. The van der Waals surface area contributed by atoms with Gasteiger partial charge in [0.15, 0.2) is 0 Å². The van der Waals surface area contributed by atoms with E-state index in [9.17, 15) is 4.79 Å². The van der Waals surface area contributed by atoms with Crippen molar-refractivity contribution in [1.29, 1.82) is 0 Å². The van der Waals surface area contributed by atoms with Crippen LogP contribution in [-0.4, -0.2) is 43.6 Å². The number of carbonyl (C=O) groups is 1. The predicted molar refractivity (Wildman–Crippen MR) is 75.4 cm³/mol. The van der Waals surface area contributed by atoms with Gasteiger partial charge in [-0.15, -0.1) is 0 Å². The van der Waals surface area contributed by atoms with E-state index in [0.29, 0.717) is 13.0 Å². The maximum Gasteiger partial charge on any atom is 0.227 e. The Morgan fingerprint density at radius 3 is 2.79 bits per heavy atom. The van der Waals surface area contributed by atoms with Crippen molar-refractivity contribution >= 4 is 5.91 Å². The Balaban J connectivity index is 1.90. The standard InChI is InChI=1S/C15H22N2O2/c1-2-19-14-6-4-13(5-7-14)12-15(18)17-10-3-8-16-9-11-17/h4-7,16H,2-3,8-12H2,1H3. The van der Waals surface area contributed by atoms with Crippen LogP contribution in [0.2, 0.25) is 0 Å². The van der Waals surface area contributed by atoms with Crippen molar-refractivity contribution in [2.45, 2.75) is 19.8 Å². The first kappa shape index (κ1) is 13.9. The number of ether oxygens (including phenoxy) is 1. The van der Waals surface area contributed by atoms with Crippen LogP contribution < -0.4 is 10.1 Å². The summed E-state index contributed by atoms with van der Waals surface area (Å²) in [5.74, 6) is 1.07. The average Bonchev–Trinajstić information content (AvgIpc) is 2.70. The molecule has 0 radical (unpaired) electrons. The number of carbonyl (C=O) groups excluding carboxylic acids is 1. The van der Waals surface area contributed by atoms with Gasteiger partial charge in [0.2, 0.25) is 5.91 Å². The SMILES string of the molecule is CCOc1ccc(CC(=O)N2CCCNCC2)cc1. The largest absolute Gasteiger partial charge is 0.494 e.